The Kier molecular flexibility index (Phi) is 3.92. The number of amides is 1. The van der Waals surface area contributed by atoms with Crippen molar-refractivity contribution < 1.29 is 14.3 Å². The number of hydrogen-bond acceptors (Lipinski definition) is 3. The summed E-state index contributed by atoms with van der Waals surface area (Å²) < 4.78 is 4.48. The van der Waals surface area contributed by atoms with Crippen molar-refractivity contribution in [1.29, 1.82) is 0 Å². The van der Waals surface area contributed by atoms with Crippen LogP contribution >= 0.6 is 0 Å². The van der Waals surface area contributed by atoms with E-state index in [9.17, 15) is 9.59 Å². The maximum absolute atomic E-state index is 11.5. The van der Waals surface area contributed by atoms with Gasteiger partial charge in [-0.05, 0) is 18.8 Å². The van der Waals surface area contributed by atoms with Crippen LogP contribution in [0.5, 0.6) is 0 Å². The summed E-state index contributed by atoms with van der Waals surface area (Å²) in [6.07, 6.45) is 4.11. The fourth-order valence-electron chi connectivity index (χ4n) is 1.45. The first kappa shape index (κ1) is 11.0. The van der Waals surface area contributed by atoms with E-state index in [1.165, 1.54) is 18.4 Å². The first-order valence-corrected chi connectivity index (χ1v) is 4.94. The maximum atomic E-state index is 11.5. The number of ether oxygens (including phenoxy) is 1. The van der Waals surface area contributed by atoms with Crippen LogP contribution in [-0.2, 0) is 14.3 Å². The first-order chi connectivity index (χ1) is 6.63. The molecule has 4 nitrogen and oxygen atoms in total. The van der Waals surface area contributed by atoms with Gasteiger partial charge in [0.15, 0.2) is 0 Å². The molecule has 0 heterocycles. The smallest absolute Gasteiger partial charge is 0.325 e. The Labute approximate surface area is 84.2 Å². The van der Waals surface area contributed by atoms with Gasteiger partial charge in [-0.15, -0.1) is 0 Å². The third kappa shape index (κ3) is 3.01. The van der Waals surface area contributed by atoms with Gasteiger partial charge in [0, 0.05) is 13.5 Å². The van der Waals surface area contributed by atoms with E-state index in [2.05, 4.69) is 4.74 Å². The average Bonchev–Trinajstić information content (AvgIpc) is 2.10. The van der Waals surface area contributed by atoms with E-state index >= 15 is 0 Å². The predicted molar refractivity (Wildman–Crippen MR) is 51.6 cm³/mol. The number of carbonyl (C=O) groups excluding carboxylic acids is 2. The molecule has 1 aliphatic carbocycles. The molecular formula is C10H17NO3. The number of esters is 1. The molecule has 0 N–H and O–H groups in total. The highest BCUT2D eigenvalue weighted by Gasteiger charge is 2.23. The van der Waals surface area contributed by atoms with Crippen LogP contribution in [-0.4, -0.2) is 37.5 Å². The third-order valence-electron chi connectivity index (χ3n) is 2.71. The molecule has 1 aliphatic rings. The molecule has 0 aliphatic heterocycles. The number of likely N-dealkylation sites (N-methyl/N-ethyl adjacent to an activating group) is 1. The van der Waals surface area contributed by atoms with Crippen molar-refractivity contribution >= 4 is 11.9 Å². The van der Waals surface area contributed by atoms with Crippen molar-refractivity contribution in [3.05, 3.63) is 0 Å². The van der Waals surface area contributed by atoms with Gasteiger partial charge in [-0.25, -0.2) is 0 Å². The minimum absolute atomic E-state index is 0.0418. The minimum Gasteiger partial charge on any atom is -0.468 e. The molecule has 14 heavy (non-hydrogen) atoms. The molecule has 1 saturated carbocycles. The molecule has 0 atom stereocenters. The molecule has 0 unspecified atom stereocenters. The molecule has 0 bridgehead atoms. The van der Waals surface area contributed by atoms with Crippen LogP contribution in [0.1, 0.15) is 25.7 Å². The highest BCUT2D eigenvalue weighted by Crippen LogP contribution is 2.29. The first-order valence-electron chi connectivity index (χ1n) is 4.94. The van der Waals surface area contributed by atoms with Crippen LogP contribution in [0.3, 0.4) is 0 Å². The van der Waals surface area contributed by atoms with Crippen LogP contribution in [0.4, 0.5) is 0 Å². The normalized spacial score (nSPS) is 15.9. The van der Waals surface area contributed by atoms with Gasteiger partial charge in [-0.1, -0.05) is 6.42 Å². The fraction of sp³-hybridized carbons (Fsp3) is 0.800. The van der Waals surface area contributed by atoms with E-state index in [0.717, 1.165) is 12.8 Å². The lowest BCUT2D eigenvalue weighted by atomic mass is 9.83. The number of carbonyl (C=O) groups is 2. The molecule has 1 rings (SSSR count). The van der Waals surface area contributed by atoms with E-state index in [4.69, 9.17) is 0 Å². The predicted octanol–water partition coefficient (Wildman–Crippen LogP) is 0.808. The molecule has 1 amide bonds. The minimum atomic E-state index is -0.366. The molecule has 0 aromatic rings. The summed E-state index contributed by atoms with van der Waals surface area (Å²) in [5.74, 6) is 0.220. The molecule has 0 spiro atoms. The summed E-state index contributed by atoms with van der Waals surface area (Å²) in [7, 11) is 2.96. The van der Waals surface area contributed by atoms with Gasteiger partial charge < -0.3 is 9.64 Å². The maximum Gasteiger partial charge on any atom is 0.325 e. The highest BCUT2D eigenvalue weighted by molar-refractivity contribution is 5.81. The number of hydrogen-bond donors (Lipinski definition) is 0. The van der Waals surface area contributed by atoms with E-state index in [1.807, 2.05) is 0 Å². The SMILES string of the molecule is COC(=O)CN(C)C(=O)CC1CCC1. The monoisotopic (exact) mass is 199 g/mol. The summed E-state index contributed by atoms with van der Waals surface area (Å²) in [6.45, 7) is 0.0576. The quantitative estimate of drug-likeness (QED) is 0.629. The lowest BCUT2D eigenvalue weighted by Crippen LogP contribution is -2.34. The second kappa shape index (κ2) is 4.98. The van der Waals surface area contributed by atoms with E-state index < -0.39 is 0 Å². The molecular weight excluding hydrogens is 182 g/mol. The van der Waals surface area contributed by atoms with Crippen LogP contribution in [0.2, 0.25) is 0 Å². The van der Waals surface area contributed by atoms with E-state index in [1.54, 1.807) is 7.05 Å². The summed E-state index contributed by atoms with van der Waals surface area (Å²) in [5, 5.41) is 0. The molecule has 0 aromatic carbocycles. The Bertz CT molecular complexity index is 223. The fourth-order valence-corrected chi connectivity index (χ4v) is 1.45. The zero-order valence-corrected chi connectivity index (χ0v) is 8.78. The van der Waals surface area contributed by atoms with Crippen molar-refractivity contribution in [3.8, 4) is 0 Å². The Morgan fingerprint density at radius 3 is 2.50 bits per heavy atom. The molecule has 4 heteroatoms. The number of methoxy groups -OCH3 is 1. The Hall–Kier alpha value is -1.06. The number of rotatable bonds is 4. The highest BCUT2D eigenvalue weighted by atomic mass is 16.5. The van der Waals surface area contributed by atoms with Crippen molar-refractivity contribution in [2.24, 2.45) is 5.92 Å². The van der Waals surface area contributed by atoms with Gasteiger partial charge in [0.1, 0.15) is 6.54 Å². The molecule has 0 aromatic heterocycles. The lowest BCUT2D eigenvalue weighted by Gasteiger charge is -2.26. The zero-order valence-electron chi connectivity index (χ0n) is 8.78. The van der Waals surface area contributed by atoms with E-state index in [-0.39, 0.29) is 18.4 Å². The van der Waals surface area contributed by atoms with Gasteiger partial charge >= 0.3 is 5.97 Å². The van der Waals surface area contributed by atoms with Crippen LogP contribution in [0.15, 0.2) is 0 Å². The van der Waals surface area contributed by atoms with Crippen LogP contribution < -0.4 is 0 Å². The Morgan fingerprint density at radius 2 is 2.07 bits per heavy atom. The van der Waals surface area contributed by atoms with Gasteiger partial charge in [-0.2, -0.15) is 0 Å². The van der Waals surface area contributed by atoms with Crippen molar-refractivity contribution in [3.63, 3.8) is 0 Å². The third-order valence-corrected chi connectivity index (χ3v) is 2.71. The van der Waals surface area contributed by atoms with Crippen molar-refractivity contribution in [1.82, 2.24) is 4.90 Å². The second-order valence-electron chi connectivity index (χ2n) is 3.83. The van der Waals surface area contributed by atoms with Gasteiger partial charge in [0.05, 0.1) is 7.11 Å². The Balaban J connectivity index is 2.24. The van der Waals surface area contributed by atoms with Crippen molar-refractivity contribution in [2.75, 3.05) is 20.7 Å². The lowest BCUT2D eigenvalue weighted by molar-refractivity contribution is -0.146. The molecule has 0 saturated heterocycles. The van der Waals surface area contributed by atoms with Gasteiger partial charge in [-0.3, -0.25) is 9.59 Å². The standard InChI is InChI=1S/C10H17NO3/c1-11(7-10(13)14-2)9(12)6-8-4-3-5-8/h8H,3-7H2,1-2H3. The van der Waals surface area contributed by atoms with Crippen LogP contribution in [0, 0.1) is 5.92 Å². The van der Waals surface area contributed by atoms with Crippen LogP contribution in [0.25, 0.3) is 0 Å². The number of nitrogens with zero attached hydrogens (tertiary/aromatic N) is 1. The summed E-state index contributed by atoms with van der Waals surface area (Å²) in [5.41, 5.74) is 0. The van der Waals surface area contributed by atoms with Crippen molar-refractivity contribution in [2.45, 2.75) is 25.7 Å². The Morgan fingerprint density at radius 1 is 1.43 bits per heavy atom. The molecule has 1 fully saturated rings. The average molecular weight is 199 g/mol. The molecule has 80 valence electrons. The van der Waals surface area contributed by atoms with E-state index in [0.29, 0.717) is 12.3 Å². The molecule has 0 radical (unpaired) electrons. The summed E-state index contributed by atoms with van der Waals surface area (Å²) in [4.78, 5) is 23.8. The second-order valence-corrected chi connectivity index (χ2v) is 3.83. The van der Waals surface area contributed by atoms with Gasteiger partial charge in [0.25, 0.3) is 0 Å². The topological polar surface area (TPSA) is 46.6 Å². The zero-order chi connectivity index (χ0) is 10.6. The van der Waals surface area contributed by atoms with Gasteiger partial charge in [0.2, 0.25) is 5.91 Å². The summed E-state index contributed by atoms with van der Waals surface area (Å²) in [6, 6.07) is 0. The largest absolute Gasteiger partial charge is 0.468 e. The summed E-state index contributed by atoms with van der Waals surface area (Å²) >= 11 is 0.